The van der Waals surface area contributed by atoms with Crippen LogP contribution in [0.5, 0.6) is 0 Å². The van der Waals surface area contributed by atoms with Crippen molar-refractivity contribution in [3.8, 4) is 5.69 Å². The molecule has 3 aromatic rings. The van der Waals surface area contributed by atoms with Crippen molar-refractivity contribution in [2.45, 2.75) is 20.8 Å². The average Bonchev–Trinajstić information content (AvgIpc) is 3.17. The van der Waals surface area contributed by atoms with Crippen LogP contribution < -0.4 is 4.90 Å². The number of aromatic carboxylic acids is 1. The Bertz CT molecular complexity index is 1260. The fourth-order valence-electron chi connectivity index (χ4n) is 3.72. The number of carbonyl (C=O) groups is 2. The lowest BCUT2D eigenvalue weighted by atomic mass is 10.1. The molecule has 2 heterocycles. The molecule has 4 rings (SSSR count). The summed E-state index contributed by atoms with van der Waals surface area (Å²) >= 11 is 6.80. The van der Waals surface area contributed by atoms with E-state index in [9.17, 15) is 9.59 Å². The minimum atomic E-state index is -0.955. The molecule has 1 fully saturated rings. The lowest BCUT2D eigenvalue weighted by Crippen LogP contribution is -2.28. The van der Waals surface area contributed by atoms with Gasteiger partial charge in [0.2, 0.25) is 0 Å². The Kier molecular flexibility index (Phi) is 5.56. The van der Waals surface area contributed by atoms with E-state index in [1.807, 2.05) is 61.7 Å². The zero-order chi connectivity index (χ0) is 22.3. The first-order valence-corrected chi connectivity index (χ1v) is 10.9. The number of para-hydroxylation sites is 1. The first kappa shape index (κ1) is 21.1. The van der Waals surface area contributed by atoms with E-state index in [-0.39, 0.29) is 11.5 Å². The molecule has 7 heteroatoms. The van der Waals surface area contributed by atoms with Gasteiger partial charge in [-0.25, -0.2) is 4.79 Å². The van der Waals surface area contributed by atoms with Gasteiger partial charge in [-0.15, -0.1) is 0 Å². The minimum Gasteiger partial charge on any atom is -0.478 e. The fourth-order valence-corrected chi connectivity index (χ4v) is 4.99. The smallest absolute Gasteiger partial charge is 0.335 e. The highest BCUT2D eigenvalue weighted by Gasteiger charge is 2.34. The van der Waals surface area contributed by atoms with Gasteiger partial charge in [0.05, 0.1) is 16.2 Å². The molecule has 5 nitrogen and oxygen atoms in total. The number of carboxylic acids is 1. The normalized spacial score (nSPS) is 15.2. The molecule has 0 spiro atoms. The zero-order valence-corrected chi connectivity index (χ0v) is 18.9. The molecule has 1 aromatic heterocycles. The van der Waals surface area contributed by atoms with Crippen molar-refractivity contribution in [2.75, 3.05) is 4.90 Å². The summed E-state index contributed by atoms with van der Waals surface area (Å²) in [4.78, 5) is 26.4. The summed E-state index contributed by atoms with van der Waals surface area (Å²) in [6.07, 6.45) is 1.88. The molecule has 1 aliphatic heterocycles. The van der Waals surface area contributed by atoms with E-state index >= 15 is 0 Å². The summed E-state index contributed by atoms with van der Waals surface area (Å²) in [6, 6.07) is 16.4. The predicted molar refractivity (Wildman–Crippen MR) is 129 cm³/mol. The summed E-state index contributed by atoms with van der Waals surface area (Å²) in [5.74, 6) is -1.08. The molecule has 1 amide bonds. The van der Waals surface area contributed by atoms with Crippen LogP contribution in [0.1, 0.15) is 32.9 Å². The van der Waals surface area contributed by atoms with Gasteiger partial charge in [-0.2, -0.15) is 0 Å². The Labute approximate surface area is 190 Å². The van der Waals surface area contributed by atoms with E-state index in [1.54, 1.807) is 29.2 Å². The number of thiocarbonyl (C=S) groups is 1. The fraction of sp³-hybridized carbons (Fsp3) is 0.125. The van der Waals surface area contributed by atoms with Crippen molar-refractivity contribution in [3.63, 3.8) is 0 Å². The molecule has 0 radical (unpaired) electrons. The average molecular weight is 449 g/mol. The maximum absolute atomic E-state index is 13.1. The van der Waals surface area contributed by atoms with Gasteiger partial charge in [0.1, 0.15) is 0 Å². The van der Waals surface area contributed by atoms with Crippen molar-refractivity contribution in [3.05, 3.63) is 87.6 Å². The molecular formula is C24H20N2O3S2. The number of carboxylic acid groups (broad SMARTS) is 1. The van der Waals surface area contributed by atoms with Gasteiger partial charge in [0.15, 0.2) is 4.32 Å². The maximum atomic E-state index is 13.1. The van der Waals surface area contributed by atoms with E-state index in [4.69, 9.17) is 17.3 Å². The Balaban J connectivity index is 1.69. The van der Waals surface area contributed by atoms with Crippen LogP contribution in [0.2, 0.25) is 0 Å². The van der Waals surface area contributed by atoms with Crippen molar-refractivity contribution in [1.82, 2.24) is 4.57 Å². The number of nitrogens with zero attached hydrogens (tertiary/aromatic N) is 2. The van der Waals surface area contributed by atoms with Gasteiger partial charge in [-0.3, -0.25) is 9.69 Å². The van der Waals surface area contributed by atoms with Crippen molar-refractivity contribution >= 4 is 51.9 Å². The molecule has 156 valence electrons. The Hall–Kier alpha value is -3.16. The van der Waals surface area contributed by atoms with E-state index in [1.165, 1.54) is 11.8 Å². The largest absolute Gasteiger partial charge is 0.478 e. The summed E-state index contributed by atoms with van der Waals surface area (Å²) < 4.78 is 2.56. The van der Waals surface area contributed by atoms with Crippen LogP contribution in [0, 0.1) is 20.8 Å². The first-order chi connectivity index (χ1) is 14.8. The molecule has 0 bridgehead atoms. The van der Waals surface area contributed by atoms with Gasteiger partial charge in [-0.1, -0.05) is 42.2 Å². The van der Waals surface area contributed by atoms with E-state index in [0.717, 1.165) is 33.9 Å². The van der Waals surface area contributed by atoms with Crippen LogP contribution in [0.25, 0.3) is 11.8 Å². The molecule has 0 saturated carbocycles. The third-order valence-corrected chi connectivity index (χ3v) is 6.58. The third-order valence-electron chi connectivity index (χ3n) is 5.28. The molecule has 2 aromatic carbocycles. The zero-order valence-electron chi connectivity index (χ0n) is 17.2. The van der Waals surface area contributed by atoms with Gasteiger partial charge in [0.25, 0.3) is 5.91 Å². The number of carbonyl (C=O) groups excluding carboxylic acids is 1. The second kappa shape index (κ2) is 8.17. The summed E-state index contributed by atoms with van der Waals surface area (Å²) in [7, 11) is 0. The number of amides is 1. The van der Waals surface area contributed by atoms with Crippen LogP contribution in [0.4, 0.5) is 5.69 Å². The summed E-state index contributed by atoms with van der Waals surface area (Å²) in [6.45, 7) is 5.92. The first-order valence-electron chi connectivity index (χ1n) is 9.64. The maximum Gasteiger partial charge on any atom is 0.335 e. The predicted octanol–water partition coefficient (Wildman–Crippen LogP) is 5.51. The van der Waals surface area contributed by atoms with Crippen LogP contribution in [-0.2, 0) is 4.79 Å². The van der Waals surface area contributed by atoms with Crippen LogP contribution in [0.3, 0.4) is 0 Å². The van der Waals surface area contributed by atoms with Gasteiger partial charge in [0, 0.05) is 17.1 Å². The molecule has 31 heavy (non-hydrogen) atoms. The second-order valence-electron chi connectivity index (χ2n) is 7.32. The summed E-state index contributed by atoms with van der Waals surface area (Å²) in [5.41, 5.74) is 5.77. The van der Waals surface area contributed by atoms with Crippen LogP contribution in [-0.4, -0.2) is 25.9 Å². The summed E-state index contributed by atoms with van der Waals surface area (Å²) in [5, 5.41) is 9.12. The molecule has 0 aliphatic carbocycles. The topological polar surface area (TPSA) is 62.5 Å². The number of rotatable bonds is 4. The molecular weight excluding hydrogens is 428 g/mol. The second-order valence-corrected chi connectivity index (χ2v) is 8.99. The number of thioether (sulfide) groups is 1. The molecule has 0 unspecified atom stereocenters. The number of hydrogen-bond acceptors (Lipinski definition) is 4. The number of anilines is 1. The SMILES string of the molecule is Cc1ccccc1N1C(=O)/C(=C\c2cc(C)n(-c3ccc(C(=O)O)cc3)c2C)SC1=S. The highest BCUT2D eigenvalue weighted by molar-refractivity contribution is 8.27. The minimum absolute atomic E-state index is 0.125. The lowest BCUT2D eigenvalue weighted by molar-refractivity contribution is -0.113. The molecule has 1 saturated heterocycles. The van der Waals surface area contributed by atoms with E-state index in [0.29, 0.717) is 9.23 Å². The highest BCUT2D eigenvalue weighted by Crippen LogP contribution is 2.38. The van der Waals surface area contributed by atoms with Crippen LogP contribution >= 0.6 is 24.0 Å². The highest BCUT2D eigenvalue weighted by atomic mass is 32.2. The standard InChI is InChI=1S/C24H20N2O3S2/c1-14-6-4-5-7-20(14)26-22(27)21(31-24(26)30)13-18-12-15(2)25(16(18)3)19-10-8-17(9-11-19)23(28)29/h4-13H,1-3H3,(H,28,29)/b21-13+. The van der Waals surface area contributed by atoms with Crippen molar-refractivity contribution in [1.29, 1.82) is 0 Å². The van der Waals surface area contributed by atoms with Crippen molar-refractivity contribution in [2.24, 2.45) is 0 Å². The van der Waals surface area contributed by atoms with Crippen molar-refractivity contribution < 1.29 is 14.7 Å². The lowest BCUT2D eigenvalue weighted by Gasteiger charge is -2.16. The van der Waals surface area contributed by atoms with E-state index < -0.39 is 5.97 Å². The number of aromatic nitrogens is 1. The molecule has 1 N–H and O–H groups in total. The molecule has 0 atom stereocenters. The number of benzene rings is 2. The monoisotopic (exact) mass is 448 g/mol. The van der Waals surface area contributed by atoms with Gasteiger partial charge in [-0.05, 0) is 74.4 Å². The van der Waals surface area contributed by atoms with Gasteiger partial charge < -0.3 is 9.67 Å². The Morgan fingerprint density at radius 1 is 1.06 bits per heavy atom. The van der Waals surface area contributed by atoms with Crippen LogP contribution in [0.15, 0.2) is 59.5 Å². The Morgan fingerprint density at radius 2 is 1.74 bits per heavy atom. The molecule has 1 aliphatic rings. The Morgan fingerprint density at radius 3 is 2.39 bits per heavy atom. The van der Waals surface area contributed by atoms with E-state index in [2.05, 4.69) is 0 Å². The quantitative estimate of drug-likeness (QED) is 0.421. The van der Waals surface area contributed by atoms with Gasteiger partial charge >= 0.3 is 5.97 Å². The number of hydrogen-bond donors (Lipinski definition) is 1. The third kappa shape index (κ3) is 3.82. The number of aryl methyl sites for hydroxylation is 2.